The third-order valence-corrected chi connectivity index (χ3v) is 5.40. The number of nitrogens with zero attached hydrogens (tertiary/aromatic N) is 4. The molecule has 1 aliphatic heterocycles. The molecule has 38 heavy (non-hydrogen) atoms. The van der Waals surface area contributed by atoms with Gasteiger partial charge in [0.15, 0.2) is 0 Å². The molecule has 1 unspecified atom stereocenters. The van der Waals surface area contributed by atoms with Crippen molar-refractivity contribution in [2.24, 2.45) is 10.2 Å². The molecule has 2 rings (SSSR count). The number of amides is 3. The maximum atomic E-state index is 12.8. The number of carbonyl (C=O) groups excluding carboxylic acids is 4. The fraction of sp³-hybridized carbons (Fsp3) is 0.407. The summed E-state index contributed by atoms with van der Waals surface area (Å²) in [5, 5.41) is 16.0. The van der Waals surface area contributed by atoms with Crippen molar-refractivity contribution in [1.29, 1.82) is 0 Å². The van der Waals surface area contributed by atoms with Gasteiger partial charge in [0.05, 0.1) is 11.4 Å². The Labute approximate surface area is 223 Å². The van der Waals surface area contributed by atoms with Crippen molar-refractivity contribution >= 4 is 29.2 Å². The molecule has 0 bridgehead atoms. The Hall–Kier alpha value is -3.96. The number of allylic oxidation sites excluding steroid dienone is 1. The van der Waals surface area contributed by atoms with E-state index in [0.29, 0.717) is 24.3 Å². The summed E-state index contributed by atoms with van der Waals surface area (Å²) in [5.41, 5.74) is 0.937. The number of ketones is 1. The van der Waals surface area contributed by atoms with Gasteiger partial charge in [-0.15, -0.1) is 0 Å². The molecule has 0 saturated carbocycles. The highest BCUT2D eigenvalue weighted by molar-refractivity contribution is 6.23. The van der Waals surface area contributed by atoms with Crippen molar-refractivity contribution in [2.45, 2.75) is 18.9 Å². The number of hydrogen-bond donors (Lipinski definition) is 3. The molecule has 3 amide bonds. The Morgan fingerprint density at radius 2 is 1.63 bits per heavy atom. The second-order valence-electron chi connectivity index (χ2n) is 9.30. The third kappa shape index (κ3) is 10.2. The Balaban J connectivity index is 2.11. The SMILES string of the molecule is C=C(/C=C(\C=C\C(=O)NCCCN(C)C)C(=O)NCCCN(C)C)N=NC1C(=O)Nc2ccccc2C1=O. The van der Waals surface area contributed by atoms with Crippen LogP contribution in [0, 0.1) is 0 Å². The number of carbonyl (C=O) groups is 4. The minimum Gasteiger partial charge on any atom is -0.353 e. The van der Waals surface area contributed by atoms with Crippen molar-refractivity contribution in [1.82, 2.24) is 20.4 Å². The summed E-state index contributed by atoms with van der Waals surface area (Å²) in [6.07, 6.45) is 5.51. The highest BCUT2D eigenvalue weighted by Crippen LogP contribution is 2.24. The second-order valence-corrected chi connectivity index (χ2v) is 9.30. The molecule has 11 heteroatoms. The van der Waals surface area contributed by atoms with Gasteiger partial charge in [0.2, 0.25) is 17.7 Å². The van der Waals surface area contributed by atoms with E-state index >= 15 is 0 Å². The van der Waals surface area contributed by atoms with E-state index in [2.05, 4.69) is 32.8 Å². The fourth-order valence-corrected chi connectivity index (χ4v) is 3.44. The van der Waals surface area contributed by atoms with Crippen molar-refractivity contribution in [3.8, 4) is 0 Å². The molecular weight excluding hydrogens is 486 g/mol. The van der Waals surface area contributed by atoms with E-state index in [0.717, 1.165) is 25.9 Å². The first-order valence-electron chi connectivity index (χ1n) is 12.4. The van der Waals surface area contributed by atoms with Gasteiger partial charge in [-0.3, -0.25) is 19.2 Å². The summed E-state index contributed by atoms with van der Waals surface area (Å²) < 4.78 is 0. The normalized spacial score (nSPS) is 15.7. The molecule has 0 radical (unpaired) electrons. The van der Waals surface area contributed by atoms with Crippen molar-refractivity contribution < 1.29 is 19.2 Å². The van der Waals surface area contributed by atoms with E-state index in [-0.39, 0.29) is 17.2 Å². The number of nitrogens with one attached hydrogen (secondary N) is 3. The fourth-order valence-electron chi connectivity index (χ4n) is 3.44. The summed E-state index contributed by atoms with van der Waals surface area (Å²) >= 11 is 0. The first-order chi connectivity index (χ1) is 18.1. The first-order valence-corrected chi connectivity index (χ1v) is 12.4. The van der Waals surface area contributed by atoms with Crippen LogP contribution in [0.25, 0.3) is 0 Å². The number of hydrogen-bond acceptors (Lipinski definition) is 8. The number of Topliss-reactive ketones (excluding diaryl/α,β-unsaturated/α-hetero) is 1. The van der Waals surface area contributed by atoms with Gasteiger partial charge in [0.1, 0.15) is 0 Å². The zero-order chi connectivity index (χ0) is 28.1. The van der Waals surface area contributed by atoms with Gasteiger partial charge in [-0.25, -0.2) is 0 Å². The van der Waals surface area contributed by atoms with Crippen LogP contribution in [0.5, 0.6) is 0 Å². The predicted molar refractivity (Wildman–Crippen MR) is 147 cm³/mol. The van der Waals surface area contributed by atoms with Crippen LogP contribution in [0.1, 0.15) is 23.2 Å². The van der Waals surface area contributed by atoms with Gasteiger partial charge < -0.3 is 25.8 Å². The molecular formula is C27H37N7O4. The van der Waals surface area contributed by atoms with E-state index in [9.17, 15) is 19.2 Å². The largest absolute Gasteiger partial charge is 0.353 e. The van der Waals surface area contributed by atoms with Crippen LogP contribution in [0.3, 0.4) is 0 Å². The molecule has 204 valence electrons. The molecule has 0 saturated heterocycles. The maximum Gasteiger partial charge on any atom is 0.259 e. The Kier molecular flexibility index (Phi) is 12.2. The lowest BCUT2D eigenvalue weighted by molar-refractivity contribution is -0.117. The van der Waals surface area contributed by atoms with Gasteiger partial charge in [-0.1, -0.05) is 18.7 Å². The number of fused-ring (bicyclic) bond motifs is 1. The van der Waals surface area contributed by atoms with Crippen LogP contribution in [0.4, 0.5) is 5.69 Å². The highest BCUT2D eigenvalue weighted by Gasteiger charge is 2.34. The predicted octanol–water partition coefficient (Wildman–Crippen LogP) is 1.77. The quantitative estimate of drug-likeness (QED) is 0.112. The standard InChI is InChI=1S/C27H37N7O4/c1-19(31-32-24-25(36)21-10-6-7-11-22(21)30-27(24)38)18-20(26(37)29-15-9-17-34(4)5)12-13-23(35)28-14-8-16-33(2)3/h6-7,10-13,18,24H,1,8-9,14-17H2,2-5H3,(H,28,35)(H,29,37)(H,30,38)/b13-12+,20-18+,32-31?. The van der Waals surface area contributed by atoms with Crippen LogP contribution < -0.4 is 16.0 Å². The molecule has 0 aromatic heterocycles. The lowest BCUT2D eigenvalue weighted by Crippen LogP contribution is -2.38. The van der Waals surface area contributed by atoms with Crippen LogP contribution in [-0.2, 0) is 14.4 Å². The molecule has 1 aliphatic rings. The highest BCUT2D eigenvalue weighted by atomic mass is 16.2. The molecule has 1 aromatic rings. The molecule has 11 nitrogen and oxygen atoms in total. The van der Waals surface area contributed by atoms with Gasteiger partial charge in [0.25, 0.3) is 11.8 Å². The lowest BCUT2D eigenvalue weighted by atomic mass is 9.98. The van der Waals surface area contributed by atoms with Gasteiger partial charge >= 0.3 is 0 Å². The molecule has 0 spiro atoms. The molecule has 1 heterocycles. The second kappa shape index (κ2) is 15.3. The van der Waals surface area contributed by atoms with Gasteiger partial charge in [-0.2, -0.15) is 10.2 Å². The minimum atomic E-state index is -1.36. The average molecular weight is 524 g/mol. The Morgan fingerprint density at radius 3 is 2.29 bits per heavy atom. The van der Waals surface area contributed by atoms with E-state index in [1.54, 1.807) is 24.3 Å². The zero-order valence-corrected chi connectivity index (χ0v) is 22.5. The number of anilines is 1. The topological polar surface area (TPSA) is 136 Å². The van der Waals surface area contributed by atoms with Gasteiger partial charge in [-0.05, 0) is 78.4 Å². The minimum absolute atomic E-state index is 0.0407. The van der Waals surface area contributed by atoms with Crippen LogP contribution in [-0.4, -0.2) is 93.7 Å². The molecule has 3 N–H and O–H groups in total. The third-order valence-electron chi connectivity index (χ3n) is 5.40. The Bertz CT molecular complexity index is 1120. The van der Waals surface area contributed by atoms with Crippen molar-refractivity contribution in [3.63, 3.8) is 0 Å². The monoisotopic (exact) mass is 523 g/mol. The van der Waals surface area contributed by atoms with Gasteiger partial charge in [0, 0.05) is 30.3 Å². The maximum absolute atomic E-state index is 12.8. The number of benzene rings is 1. The lowest BCUT2D eigenvalue weighted by Gasteiger charge is -2.19. The Morgan fingerprint density at radius 1 is 1.00 bits per heavy atom. The zero-order valence-electron chi connectivity index (χ0n) is 22.5. The van der Waals surface area contributed by atoms with Crippen LogP contribution >= 0.6 is 0 Å². The molecule has 1 aromatic carbocycles. The smallest absolute Gasteiger partial charge is 0.259 e. The van der Waals surface area contributed by atoms with E-state index < -0.39 is 23.6 Å². The van der Waals surface area contributed by atoms with Crippen LogP contribution in [0.15, 0.2) is 70.6 Å². The van der Waals surface area contributed by atoms with E-state index in [1.165, 1.54) is 18.2 Å². The summed E-state index contributed by atoms with van der Waals surface area (Å²) in [7, 11) is 7.79. The number of azo groups is 1. The summed E-state index contributed by atoms with van der Waals surface area (Å²) in [6, 6.07) is 5.28. The average Bonchev–Trinajstić information content (AvgIpc) is 2.86. The summed E-state index contributed by atoms with van der Waals surface area (Å²) in [4.78, 5) is 54.1. The molecule has 0 aliphatic carbocycles. The van der Waals surface area contributed by atoms with E-state index in [4.69, 9.17) is 0 Å². The molecule has 0 fully saturated rings. The first kappa shape index (κ1) is 30.3. The summed E-state index contributed by atoms with van der Waals surface area (Å²) in [6.45, 7) is 6.34. The number of para-hydroxylation sites is 1. The number of rotatable bonds is 14. The van der Waals surface area contributed by atoms with Crippen LogP contribution in [0.2, 0.25) is 0 Å². The summed E-state index contributed by atoms with van der Waals surface area (Å²) in [5.74, 6) is -1.84. The van der Waals surface area contributed by atoms with Crippen molar-refractivity contribution in [3.05, 3.63) is 65.9 Å². The molecule has 1 atom stereocenters. The van der Waals surface area contributed by atoms with Crippen molar-refractivity contribution in [2.75, 3.05) is 59.7 Å². The van der Waals surface area contributed by atoms with E-state index in [1.807, 2.05) is 38.0 Å².